The normalized spacial score (nSPS) is 11.8. The number of ether oxygens (including phenoxy) is 1. The van der Waals surface area contributed by atoms with E-state index in [1.54, 1.807) is 0 Å². The number of nitrogens with zero attached hydrogens (tertiary/aromatic N) is 4. The van der Waals surface area contributed by atoms with Gasteiger partial charge in [-0.25, -0.2) is 0 Å². The molecule has 0 aliphatic rings. The predicted octanol–water partition coefficient (Wildman–Crippen LogP) is 9.04. The van der Waals surface area contributed by atoms with E-state index in [1.807, 2.05) is 46.8 Å². The van der Waals surface area contributed by atoms with Gasteiger partial charge in [-0.1, -0.05) is 90.6 Å². The molecule has 4 aromatic carbocycles. The zero-order chi connectivity index (χ0) is 31.2. The molecule has 6 rings (SSSR count). The van der Waals surface area contributed by atoms with Gasteiger partial charge in [-0.2, -0.15) is 11.6 Å². The molecule has 6 aromatic rings. The van der Waals surface area contributed by atoms with Crippen molar-refractivity contribution in [2.75, 3.05) is 0 Å². The first-order valence-corrected chi connectivity index (χ1v) is 15.4. The third kappa shape index (κ3) is 6.55. The fourth-order valence-electron chi connectivity index (χ4n) is 5.64. The van der Waals surface area contributed by atoms with Crippen LogP contribution >= 0.6 is 0 Å². The summed E-state index contributed by atoms with van der Waals surface area (Å²) >= 11 is 0. The van der Waals surface area contributed by atoms with Gasteiger partial charge in [-0.3, -0.25) is 4.98 Å². The van der Waals surface area contributed by atoms with E-state index in [0.717, 1.165) is 33.7 Å². The molecule has 0 bridgehead atoms. The summed E-state index contributed by atoms with van der Waals surface area (Å²) in [6, 6.07) is 32.2. The van der Waals surface area contributed by atoms with Crippen molar-refractivity contribution in [2.45, 2.75) is 65.7 Å². The van der Waals surface area contributed by atoms with Gasteiger partial charge in [0, 0.05) is 50.6 Å². The number of rotatable bonds is 7. The van der Waals surface area contributed by atoms with Crippen molar-refractivity contribution < 1.29 is 30.4 Å². The number of aromatic nitrogens is 4. The number of hydrogen-bond donors (Lipinski definition) is 0. The summed E-state index contributed by atoms with van der Waals surface area (Å²) in [5.41, 5.74) is 8.62. The van der Waals surface area contributed by atoms with Crippen LogP contribution < -0.4 is 9.30 Å². The molecule has 0 N–H and O–H groups in total. The molecule has 234 valence electrons. The van der Waals surface area contributed by atoms with Crippen molar-refractivity contribution in [3.05, 3.63) is 120 Å². The first-order valence-electron chi connectivity index (χ1n) is 15.4. The van der Waals surface area contributed by atoms with E-state index in [-0.39, 0.29) is 26.5 Å². The molecular weight excluding hydrogens is 736 g/mol. The van der Waals surface area contributed by atoms with Crippen LogP contribution in [0.15, 0.2) is 85.2 Å². The van der Waals surface area contributed by atoms with Gasteiger partial charge in [0.25, 0.3) is 0 Å². The van der Waals surface area contributed by atoms with Crippen molar-refractivity contribution in [3.8, 4) is 34.3 Å². The van der Waals surface area contributed by atoms with E-state index in [2.05, 4.69) is 126 Å². The van der Waals surface area contributed by atoms with Crippen LogP contribution in [0.2, 0.25) is 0 Å². The Hall–Kier alpha value is -3.95. The molecule has 0 spiro atoms. The van der Waals surface area contributed by atoms with Crippen LogP contribution in [0.4, 0.5) is 0 Å². The van der Waals surface area contributed by atoms with Crippen molar-refractivity contribution >= 4 is 11.0 Å². The van der Waals surface area contributed by atoms with E-state index < -0.39 is 0 Å². The molecule has 0 unspecified atom stereocenters. The maximum atomic E-state index is 6.51. The Morgan fingerprint density at radius 3 is 2.16 bits per heavy atom. The Balaban J connectivity index is 0.00000400. The maximum absolute atomic E-state index is 6.51. The molecule has 2 aromatic heterocycles. The van der Waals surface area contributed by atoms with E-state index in [0.29, 0.717) is 23.3 Å². The molecule has 0 saturated carbocycles. The van der Waals surface area contributed by atoms with Gasteiger partial charge in [0.15, 0.2) is 0 Å². The fourth-order valence-corrected chi connectivity index (χ4v) is 5.64. The summed E-state index contributed by atoms with van der Waals surface area (Å²) in [5, 5.41) is 0. The fraction of sp³-hybridized carbons (Fsp3) is 0.282. The zero-order valence-electron chi connectivity index (χ0n) is 27.3. The summed E-state index contributed by atoms with van der Waals surface area (Å²) in [7, 11) is 1.96. The van der Waals surface area contributed by atoms with E-state index in [9.17, 15) is 0 Å². The summed E-state index contributed by atoms with van der Waals surface area (Å²) in [4.78, 5) is 5.17. The van der Waals surface area contributed by atoms with Crippen LogP contribution in [0.3, 0.4) is 0 Å². The summed E-state index contributed by atoms with van der Waals surface area (Å²) in [5.74, 6) is 2.77. The molecule has 0 saturated heterocycles. The molecule has 0 radical (unpaired) electrons. The van der Waals surface area contributed by atoms with Gasteiger partial charge in [0.1, 0.15) is 0 Å². The number of hydrogen-bond acceptors (Lipinski definition) is 2. The molecular formula is C39H40N4OPt-2. The van der Waals surface area contributed by atoms with Gasteiger partial charge in [0.2, 0.25) is 6.33 Å². The Bertz CT molecular complexity index is 1930. The van der Waals surface area contributed by atoms with Crippen molar-refractivity contribution in [3.63, 3.8) is 0 Å². The number of para-hydroxylation sites is 3. The van der Waals surface area contributed by atoms with Gasteiger partial charge in [-0.15, -0.1) is 35.9 Å². The SMILES string of the molecule is CC(C)c1cccc(C(C)C)c1-n1c(-c2[c-]c(Oc3[c-]c(-[n+]4[c-]n(C)cc4)cc(C(C)(C)C)c3)ccc2)nc2ccccc21.[Pt]. The maximum Gasteiger partial charge on any atom is 0.241 e. The number of benzene rings is 4. The van der Waals surface area contributed by atoms with E-state index in [1.165, 1.54) is 16.8 Å². The molecule has 0 aliphatic carbocycles. The van der Waals surface area contributed by atoms with Gasteiger partial charge in [-0.05, 0) is 40.5 Å². The first-order chi connectivity index (χ1) is 21.0. The monoisotopic (exact) mass is 775 g/mol. The number of imidazole rings is 2. The third-order valence-electron chi connectivity index (χ3n) is 8.02. The summed E-state index contributed by atoms with van der Waals surface area (Å²) < 4.78 is 12.7. The van der Waals surface area contributed by atoms with Crippen LogP contribution in [0.1, 0.15) is 77.0 Å². The predicted molar refractivity (Wildman–Crippen MR) is 177 cm³/mol. The molecule has 2 heterocycles. The minimum Gasteiger partial charge on any atom is -0.504 e. The largest absolute Gasteiger partial charge is 0.504 e. The van der Waals surface area contributed by atoms with E-state index >= 15 is 0 Å². The smallest absolute Gasteiger partial charge is 0.241 e. The molecule has 0 atom stereocenters. The van der Waals surface area contributed by atoms with Gasteiger partial charge < -0.3 is 18.4 Å². The van der Waals surface area contributed by atoms with Crippen LogP contribution in [0.25, 0.3) is 33.8 Å². The molecule has 0 amide bonds. The summed E-state index contributed by atoms with van der Waals surface area (Å²) in [6.07, 6.45) is 7.21. The van der Waals surface area contributed by atoms with Crippen molar-refractivity contribution in [1.29, 1.82) is 0 Å². The van der Waals surface area contributed by atoms with Crippen LogP contribution in [0, 0.1) is 18.5 Å². The Morgan fingerprint density at radius 2 is 1.51 bits per heavy atom. The van der Waals surface area contributed by atoms with Crippen LogP contribution in [0.5, 0.6) is 11.5 Å². The number of fused-ring (bicyclic) bond motifs is 1. The summed E-state index contributed by atoms with van der Waals surface area (Å²) in [6.45, 7) is 15.6. The van der Waals surface area contributed by atoms with Crippen LogP contribution in [-0.4, -0.2) is 14.1 Å². The minimum absolute atomic E-state index is 0. The average Bonchev–Trinajstić information content (AvgIpc) is 3.60. The Morgan fingerprint density at radius 1 is 0.822 bits per heavy atom. The Kier molecular flexibility index (Phi) is 9.23. The number of aryl methyl sites for hydroxylation is 1. The second-order valence-corrected chi connectivity index (χ2v) is 13.1. The molecule has 0 aliphatic heterocycles. The second kappa shape index (κ2) is 12.8. The molecule has 5 nitrogen and oxygen atoms in total. The topological polar surface area (TPSA) is 35.9 Å². The minimum atomic E-state index is -0.0777. The average molecular weight is 776 g/mol. The van der Waals surface area contributed by atoms with Gasteiger partial charge >= 0.3 is 0 Å². The van der Waals surface area contributed by atoms with Crippen molar-refractivity contribution in [1.82, 2.24) is 14.1 Å². The second-order valence-electron chi connectivity index (χ2n) is 13.1. The molecule has 45 heavy (non-hydrogen) atoms. The third-order valence-corrected chi connectivity index (χ3v) is 8.02. The van der Waals surface area contributed by atoms with Gasteiger partial charge in [0.05, 0.1) is 23.9 Å². The Labute approximate surface area is 281 Å². The standard InChI is InChI=1S/C39H40N4O.Pt/c1-26(2)33-15-12-16-34(27(3)4)37(33)43-36-18-10-9-17-35(36)40-38(43)28-13-11-14-31(21-28)44-32-23-29(39(5,6)7)22-30(24-32)42-20-19-41(8)25-42;/h9-20,22-23,26-27H,1-8H3;/q-2;. The zero-order valence-corrected chi connectivity index (χ0v) is 29.5. The molecule has 0 fully saturated rings. The first kappa shape index (κ1) is 32.4. The van der Waals surface area contributed by atoms with E-state index in [4.69, 9.17) is 9.72 Å². The van der Waals surface area contributed by atoms with Crippen LogP contribution in [-0.2, 0) is 33.5 Å². The van der Waals surface area contributed by atoms with Crippen molar-refractivity contribution in [2.24, 2.45) is 7.05 Å². The molecule has 6 heteroatoms. The quantitative estimate of drug-likeness (QED) is 0.120.